The minimum atomic E-state index is -0.534. The molecule has 3 aromatic carbocycles. The number of hydrogen-bond donors (Lipinski definition) is 0. The Morgan fingerprint density at radius 2 is 1.84 bits per heavy atom. The van der Waals surface area contributed by atoms with Gasteiger partial charge in [-0.2, -0.15) is 0 Å². The molecule has 0 bridgehead atoms. The van der Waals surface area contributed by atoms with Crippen LogP contribution in [-0.2, 0) is 16.1 Å². The maximum absolute atomic E-state index is 12.4. The summed E-state index contributed by atoms with van der Waals surface area (Å²) in [7, 11) is 1.57. The SMILES string of the molecule is COc1cc(/C=C2\N=C(c3cc(I)ccc3Cl)OC2=O)ccc1OCc1cccc(I)c1. The molecule has 0 N–H and O–H groups in total. The zero-order valence-corrected chi connectivity index (χ0v) is 21.8. The van der Waals surface area contributed by atoms with E-state index < -0.39 is 5.97 Å². The molecule has 1 heterocycles. The lowest BCUT2D eigenvalue weighted by Crippen LogP contribution is -2.06. The van der Waals surface area contributed by atoms with Gasteiger partial charge in [0.15, 0.2) is 17.2 Å². The number of esters is 1. The minimum absolute atomic E-state index is 0.185. The standard InChI is InChI=1S/C24H16ClI2NO4/c1-30-22-11-14(5-8-21(22)31-13-15-3-2-4-16(26)9-15)10-20-24(29)32-23(28-20)18-12-17(27)6-7-19(18)25/h2-12H,13H2,1H3/b20-10-. The summed E-state index contributed by atoms with van der Waals surface area (Å²) in [6.45, 7) is 0.421. The van der Waals surface area contributed by atoms with Crippen LogP contribution in [0, 0.1) is 7.14 Å². The average Bonchev–Trinajstić information content (AvgIpc) is 3.14. The molecule has 0 radical (unpaired) electrons. The Labute approximate surface area is 217 Å². The van der Waals surface area contributed by atoms with Crippen LogP contribution in [0.5, 0.6) is 11.5 Å². The fourth-order valence-corrected chi connectivity index (χ4v) is 4.32. The molecule has 0 fully saturated rings. The van der Waals surface area contributed by atoms with Gasteiger partial charge in [0.25, 0.3) is 0 Å². The highest BCUT2D eigenvalue weighted by Gasteiger charge is 2.26. The molecule has 0 aromatic heterocycles. The molecule has 0 saturated heterocycles. The summed E-state index contributed by atoms with van der Waals surface area (Å²) in [5.41, 5.74) is 2.56. The van der Waals surface area contributed by atoms with Crippen molar-refractivity contribution in [2.75, 3.05) is 7.11 Å². The average molecular weight is 672 g/mol. The lowest BCUT2D eigenvalue weighted by Gasteiger charge is -2.11. The third-order valence-electron chi connectivity index (χ3n) is 4.55. The molecule has 0 amide bonds. The van der Waals surface area contributed by atoms with Crippen molar-refractivity contribution in [3.63, 3.8) is 0 Å². The third-order valence-corrected chi connectivity index (χ3v) is 6.23. The number of carbonyl (C=O) groups is 1. The normalized spacial score (nSPS) is 14.3. The van der Waals surface area contributed by atoms with E-state index in [1.54, 1.807) is 31.4 Å². The molecule has 5 nitrogen and oxygen atoms in total. The smallest absolute Gasteiger partial charge is 0.363 e. The van der Waals surface area contributed by atoms with Crippen molar-refractivity contribution in [1.29, 1.82) is 0 Å². The Hall–Kier alpha value is -2.11. The van der Waals surface area contributed by atoms with Gasteiger partial charge in [0.1, 0.15) is 6.61 Å². The Balaban J connectivity index is 1.56. The van der Waals surface area contributed by atoms with Crippen molar-refractivity contribution in [3.05, 3.63) is 95.2 Å². The zero-order chi connectivity index (χ0) is 22.7. The molecule has 0 atom stereocenters. The summed E-state index contributed by atoms with van der Waals surface area (Å²) < 4.78 is 18.9. The number of methoxy groups -OCH3 is 1. The number of hydrogen-bond acceptors (Lipinski definition) is 5. The molecule has 0 unspecified atom stereocenters. The monoisotopic (exact) mass is 671 g/mol. The van der Waals surface area contributed by atoms with Crippen molar-refractivity contribution in [3.8, 4) is 11.5 Å². The lowest BCUT2D eigenvalue weighted by atomic mass is 10.1. The molecule has 0 spiro atoms. The molecule has 32 heavy (non-hydrogen) atoms. The van der Waals surface area contributed by atoms with Crippen LogP contribution in [0.4, 0.5) is 0 Å². The molecular weight excluding hydrogens is 656 g/mol. The van der Waals surface area contributed by atoms with E-state index in [9.17, 15) is 4.79 Å². The number of benzene rings is 3. The highest BCUT2D eigenvalue weighted by atomic mass is 127. The Bertz CT molecular complexity index is 1260. The highest BCUT2D eigenvalue weighted by molar-refractivity contribution is 14.1. The quantitative estimate of drug-likeness (QED) is 0.171. The van der Waals surface area contributed by atoms with Crippen LogP contribution in [0.3, 0.4) is 0 Å². The summed E-state index contributed by atoms with van der Waals surface area (Å²) >= 11 is 10.7. The van der Waals surface area contributed by atoms with E-state index in [0.29, 0.717) is 28.7 Å². The summed E-state index contributed by atoms with van der Waals surface area (Å²) in [6, 6.07) is 19.0. The number of rotatable bonds is 6. The second-order valence-corrected chi connectivity index (χ2v) is 9.69. The van der Waals surface area contributed by atoms with Crippen LogP contribution in [-0.4, -0.2) is 19.0 Å². The topological polar surface area (TPSA) is 57.1 Å². The van der Waals surface area contributed by atoms with E-state index >= 15 is 0 Å². The summed E-state index contributed by atoms with van der Waals surface area (Å²) in [5.74, 6) is 0.820. The van der Waals surface area contributed by atoms with Gasteiger partial charge in [-0.1, -0.05) is 29.8 Å². The van der Waals surface area contributed by atoms with E-state index in [0.717, 1.165) is 18.3 Å². The number of halogens is 3. The number of cyclic esters (lactones) is 1. The zero-order valence-electron chi connectivity index (χ0n) is 16.8. The largest absolute Gasteiger partial charge is 0.493 e. The summed E-state index contributed by atoms with van der Waals surface area (Å²) in [4.78, 5) is 16.7. The van der Waals surface area contributed by atoms with Crippen molar-refractivity contribution in [1.82, 2.24) is 0 Å². The second kappa shape index (κ2) is 10.2. The first kappa shape index (κ1) is 23.1. The first-order valence-electron chi connectivity index (χ1n) is 9.46. The van der Waals surface area contributed by atoms with Gasteiger partial charge < -0.3 is 14.2 Å². The molecule has 4 rings (SSSR count). The van der Waals surface area contributed by atoms with E-state index in [1.165, 1.54) is 0 Å². The minimum Gasteiger partial charge on any atom is -0.493 e. The van der Waals surface area contributed by atoms with Crippen LogP contribution in [0.1, 0.15) is 16.7 Å². The lowest BCUT2D eigenvalue weighted by molar-refractivity contribution is -0.129. The fourth-order valence-electron chi connectivity index (χ4n) is 3.02. The van der Waals surface area contributed by atoms with Gasteiger partial charge >= 0.3 is 5.97 Å². The fraction of sp³-hybridized carbons (Fsp3) is 0.0833. The molecule has 1 aliphatic heterocycles. The number of carbonyl (C=O) groups excluding carboxylic acids is 1. The maximum Gasteiger partial charge on any atom is 0.363 e. The number of aliphatic imine (C=N–C) groups is 1. The molecule has 3 aromatic rings. The van der Waals surface area contributed by atoms with E-state index in [-0.39, 0.29) is 11.6 Å². The van der Waals surface area contributed by atoms with Gasteiger partial charge in [0.05, 0.1) is 17.7 Å². The first-order chi connectivity index (χ1) is 15.4. The van der Waals surface area contributed by atoms with Crippen LogP contribution in [0.25, 0.3) is 6.08 Å². The van der Waals surface area contributed by atoms with Crippen LogP contribution >= 0.6 is 56.8 Å². The molecule has 1 aliphatic rings. The van der Waals surface area contributed by atoms with Gasteiger partial charge in [-0.3, -0.25) is 0 Å². The second-order valence-electron chi connectivity index (χ2n) is 6.79. The number of ether oxygens (including phenoxy) is 3. The molecule has 0 saturated carbocycles. The summed E-state index contributed by atoms with van der Waals surface area (Å²) in [6.07, 6.45) is 1.64. The van der Waals surface area contributed by atoms with E-state index in [1.807, 2.05) is 36.4 Å². The molecule has 8 heteroatoms. The van der Waals surface area contributed by atoms with Crippen molar-refractivity contribution in [2.24, 2.45) is 4.99 Å². The van der Waals surface area contributed by atoms with Crippen molar-refractivity contribution in [2.45, 2.75) is 6.61 Å². The Kier molecular flexibility index (Phi) is 7.37. The van der Waals surface area contributed by atoms with Crippen LogP contribution < -0.4 is 9.47 Å². The number of nitrogens with zero attached hydrogens (tertiary/aromatic N) is 1. The van der Waals surface area contributed by atoms with Crippen molar-refractivity contribution >= 4 is 74.7 Å². The van der Waals surface area contributed by atoms with Crippen LogP contribution in [0.2, 0.25) is 5.02 Å². The van der Waals surface area contributed by atoms with Crippen molar-refractivity contribution < 1.29 is 19.0 Å². The van der Waals surface area contributed by atoms with Gasteiger partial charge in [-0.15, -0.1) is 0 Å². The summed E-state index contributed by atoms with van der Waals surface area (Å²) in [5, 5.41) is 0.467. The maximum atomic E-state index is 12.4. The van der Waals surface area contributed by atoms with Gasteiger partial charge in [0.2, 0.25) is 5.90 Å². The van der Waals surface area contributed by atoms with E-state index in [4.69, 9.17) is 25.8 Å². The Morgan fingerprint density at radius 1 is 1.03 bits per heavy atom. The van der Waals surface area contributed by atoms with Gasteiger partial charge in [-0.05, 0) is 105 Å². The molecular formula is C24H16ClI2NO4. The highest BCUT2D eigenvalue weighted by Crippen LogP contribution is 2.31. The van der Waals surface area contributed by atoms with Crippen LogP contribution in [0.15, 0.2) is 71.4 Å². The molecule has 0 aliphatic carbocycles. The van der Waals surface area contributed by atoms with Gasteiger partial charge in [-0.25, -0.2) is 9.79 Å². The first-order valence-corrected chi connectivity index (χ1v) is 12.0. The molecule has 162 valence electrons. The predicted molar refractivity (Wildman–Crippen MR) is 141 cm³/mol. The van der Waals surface area contributed by atoms with Gasteiger partial charge in [0, 0.05) is 7.14 Å². The van der Waals surface area contributed by atoms with E-state index in [2.05, 4.69) is 56.2 Å². The predicted octanol–water partition coefficient (Wildman–Crippen LogP) is 6.48. The third kappa shape index (κ3) is 5.44. The Morgan fingerprint density at radius 3 is 2.62 bits per heavy atom.